The summed E-state index contributed by atoms with van der Waals surface area (Å²) in [7, 11) is 3.05. The van der Waals surface area contributed by atoms with Crippen LogP contribution in [0.15, 0.2) is 41.8 Å². The molecule has 150 valence electrons. The lowest BCUT2D eigenvalue weighted by atomic mass is 9.93. The molecule has 0 bridgehead atoms. The van der Waals surface area contributed by atoms with Gasteiger partial charge in [0, 0.05) is 32.2 Å². The average molecular weight is 403 g/mol. The molecule has 0 saturated heterocycles. The van der Waals surface area contributed by atoms with Crippen molar-refractivity contribution in [2.75, 3.05) is 47.1 Å². The van der Waals surface area contributed by atoms with E-state index in [2.05, 4.69) is 23.6 Å². The Bertz CT molecular complexity index is 793. The number of carbonyl (C=O) groups is 2. The summed E-state index contributed by atoms with van der Waals surface area (Å²) >= 11 is 1.74. The number of nitrogens with zero attached hydrogens (tertiary/aromatic N) is 2. The van der Waals surface area contributed by atoms with Crippen molar-refractivity contribution in [3.8, 4) is 0 Å². The molecule has 7 heteroatoms. The number of fused-ring (bicyclic) bond motifs is 1. The van der Waals surface area contributed by atoms with E-state index in [1.165, 1.54) is 22.5 Å². The molecule has 1 aliphatic heterocycles. The van der Waals surface area contributed by atoms with Gasteiger partial charge in [-0.15, -0.1) is 11.3 Å². The van der Waals surface area contributed by atoms with Gasteiger partial charge < -0.3 is 19.3 Å². The summed E-state index contributed by atoms with van der Waals surface area (Å²) in [4.78, 5) is 30.3. The van der Waals surface area contributed by atoms with Crippen molar-refractivity contribution in [1.29, 1.82) is 0 Å². The van der Waals surface area contributed by atoms with E-state index >= 15 is 0 Å². The number of rotatable bonds is 8. The molecule has 1 aliphatic rings. The Morgan fingerprint density at radius 3 is 2.68 bits per heavy atom. The zero-order chi connectivity index (χ0) is 19.9. The van der Waals surface area contributed by atoms with E-state index in [4.69, 9.17) is 9.47 Å². The summed E-state index contributed by atoms with van der Waals surface area (Å²) in [6, 6.07) is 12.0. The fourth-order valence-electron chi connectivity index (χ4n) is 3.54. The highest BCUT2D eigenvalue weighted by molar-refractivity contribution is 7.10. The first kappa shape index (κ1) is 20.5. The highest BCUT2D eigenvalue weighted by atomic mass is 32.1. The Kier molecular flexibility index (Phi) is 7.19. The van der Waals surface area contributed by atoms with E-state index in [0.29, 0.717) is 19.7 Å². The summed E-state index contributed by atoms with van der Waals surface area (Å²) in [5.41, 5.74) is 2.27. The van der Waals surface area contributed by atoms with Crippen LogP contribution in [0.2, 0.25) is 0 Å². The van der Waals surface area contributed by atoms with E-state index in [1.54, 1.807) is 18.4 Å². The van der Waals surface area contributed by atoms with Crippen LogP contribution < -0.4 is 0 Å². The molecule has 0 radical (unpaired) electrons. The summed E-state index contributed by atoms with van der Waals surface area (Å²) < 4.78 is 10.1. The molecule has 1 aromatic heterocycles. The van der Waals surface area contributed by atoms with Crippen LogP contribution in [-0.4, -0.2) is 68.7 Å². The number of hydrogen-bond acceptors (Lipinski definition) is 5. The van der Waals surface area contributed by atoms with Crippen LogP contribution >= 0.6 is 11.3 Å². The maximum atomic E-state index is 13.2. The molecule has 1 atom stereocenters. The quantitative estimate of drug-likeness (QED) is 0.680. The van der Waals surface area contributed by atoms with E-state index in [0.717, 1.165) is 12.0 Å². The van der Waals surface area contributed by atoms with Crippen molar-refractivity contribution in [3.63, 3.8) is 0 Å². The summed E-state index contributed by atoms with van der Waals surface area (Å²) in [6.07, 6.45) is 0.839. The molecule has 1 aromatic carbocycles. The van der Waals surface area contributed by atoms with Crippen molar-refractivity contribution in [2.24, 2.45) is 0 Å². The van der Waals surface area contributed by atoms with Gasteiger partial charge in [-0.3, -0.25) is 9.59 Å². The van der Waals surface area contributed by atoms with Crippen LogP contribution in [0.3, 0.4) is 0 Å². The molecule has 2 amide bonds. The lowest BCUT2D eigenvalue weighted by Gasteiger charge is -2.37. The predicted molar refractivity (Wildman–Crippen MR) is 108 cm³/mol. The largest absolute Gasteiger partial charge is 0.383 e. The molecule has 0 aliphatic carbocycles. The molecule has 2 aromatic rings. The third kappa shape index (κ3) is 4.60. The van der Waals surface area contributed by atoms with Gasteiger partial charge in [-0.1, -0.05) is 30.3 Å². The maximum Gasteiger partial charge on any atom is 0.249 e. The monoisotopic (exact) mass is 402 g/mol. The van der Waals surface area contributed by atoms with Gasteiger partial charge in [0.05, 0.1) is 19.2 Å². The molecule has 3 rings (SSSR count). The van der Waals surface area contributed by atoms with Crippen LogP contribution in [0, 0.1) is 0 Å². The normalized spacial score (nSPS) is 15.9. The van der Waals surface area contributed by atoms with Gasteiger partial charge >= 0.3 is 0 Å². The second kappa shape index (κ2) is 9.82. The zero-order valence-electron chi connectivity index (χ0n) is 16.3. The number of methoxy groups -OCH3 is 2. The van der Waals surface area contributed by atoms with E-state index in [9.17, 15) is 9.59 Å². The summed E-state index contributed by atoms with van der Waals surface area (Å²) in [6.45, 7) is 1.35. The first-order valence-electron chi connectivity index (χ1n) is 9.32. The highest BCUT2D eigenvalue weighted by Gasteiger charge is 2.33. The SMILES string of the molecule is COCCN(CC(=O)N1CCc2sccc2[C@@H]1c1ccccc1)C(=O)COC. The number of benzene rings is 1. The molecular weight excluding hydrogens is 376 g/mol. The Hall–Kier alpha value is -2.22. The smallest absolute Gasteiger partial charge is 0.249 e. The van der Waals surface area contributed by atoms with Gasteiger partial charge in [0.15, 0.2) is 0 Å². The second-order valence-electron chi connectivity index (χ2n) is 6.69. The first-order valence-corrected chi connectivity index (χ1v) is 10.2. The molecule has 0 spiro atoms. The fourth-order valence-corrected chi connectivity index (χ4v) is 4.45. The second-order valence-corrected chi connectivity index (χ2v) is 7.69. The van der Waals surface area contributed by atoms with Gasteiger partial charge in [0.2, 0.25) is 11.8 Å². The molecule has 2 heterocycles. The fraction of sp³-hybridized carbons (Fsp3) is 0.429. The number of amides is 2. The zero-order valence-corrected chi connectivity index (χ0v) is 17.1. The number of thiophene rings is 1. The molecule has 0 unspecified atom stereocenters. The van der Waals surface area contributed by atoms with Gasteiger partial charge in [0.1, 0.15) is 6.61 Å². The predicted octanol–water partition coefficient (Wildman–Crippen LogP) is 2.34. The highest BCUT2D eigenvalue weighted by Crippen LogP contribution is 2.37. The third-order valence-corrected chi connectivity index (χ3v) is 5.91. The maximum absolute atomic E-state index is 13.2. The van der Waals surface area contributed by atoms with Crippen LogP contribution in [0.5, 0.6) is 0 Å². The lowest BCUT2D eigenvalue weighted by molar-refractivity contribution is -0.144. The standard InChI is InChI=1S/C21H26N2O4S/c1-26-12-11-22(20(25)15-27-2)14-19(24)23-10-8-18-17(9-13-28-18)21(23)16-6-4-3-5-7-16/h3-7,9,13,21H,8,10-12,14-15H2,1-2H3/t21-/m0/s1. The van der Waals surface area contributed by atoms with Gasteiger partial charge in [-0.05, 0) is 29.0 Å². The number of ether oxygens (including phenoxy) is 2. The van der Waals surface area contributed by atoms with Crippen LogP contribution in [0.1, 0.15) is 22.0 Å². The van der Waals surface area contributed by atoms with Crippen molar-refractivity contribution < 1.29 is 19.1 Å². The number of hydrogen-bond donors (Lipinski definition) is 0. The Labute approximate surface area is 169 Å². The molecular formula is C21H26N2O4S. The molecule has 0 saturated carbocycles. The minimum Gasteiger partial charge on any atom is -0.383 e. The Morgan fingerprint density at radius 2 is 1.96 bits per heavy atom. The van der Waals surface area contributed by atoms with E-state index < -0.39 is 0 Å². The average Bonchev–Trinajstić information content (AvgIpc) is 3.19. The molecule has 0 N–H and O–H groups in total. The molecule has 28 heavy (non-hydrogen) atoms. The molecule has 6 nitrogen and oxygen atoms in total. The van der Waals surface area contributed by atoms with Crippen LogP contribution in [0.4, 0.5) is 0 Å². The number of carbonyl (C=O) groups excluding carboxylic acids is 2. The van der Waals surface area contributed by atoms with Crippen molar-refractivity contribution >= 4 is 23.2 Å². The van der Waals surface area contributed by atoms with Crippen LogP contribution in [-0.2, 0) is 25.5 Å². The van der Waals surface area contributed by atoms with Crippen molar-refractivity contribution in [2.45, 2.75) is 12.5 Å². The third-order valence-electron chi connectivity index (χ3n) is 4.91. The Morgan fingerprint density at radius 1 is 1.18 bits per heavy atom. The lowest BCUT2D eigenvalue weighted by Crippen LogP contribution is -2.48. The molecule has 0 fully saturated rings. The summed E-state index contributed by atoms with van der Waals surface area (Å²) in [5.74, 6) is -0.274. The van der Waals surface area contributed by atoms with Gasteiger partial charge in [-0.2, -0.15) is 0 Å². The van der Waals surface area contributed by atoms with Gasteiger partial charge in [0.25, 0.3) is 0 Å². The van der Waals surface area contributed by atoms with Crippen molar-refractivity contribution in [3.05, 3.63) is 57.8 Å². The first-order chi connectivity index (χ1) is 13.7. The van der Waals surface area contributed by atoms with Crippen molar-refractivity contribution in [1.82, 2.24) is 9.80 Å². The van der Waals surface area contributed by atoms with Gasteiger partial charge in [-0.25, -0.2) is 0 Å². The minimum atomic E-state index is -0.211. The minimum absolute atomic E-state index is 0.0222. The Balaban J connectivity index is 1.83. The van der Waals surface area contributed by atoms with Crippen LogP contribution in [0.25, 0.3) is 0 Å². The van der Waals surface area contributed by atoms with E-state index in [1.807, 2.05) is 23.1 Å². The summed E-state index contributed by atoms with van der Waals surface area (Å²) in [5, 5.41) is 2.08. The topological polar surface area (TPSA) is 59.1 Å². The van der Waals surface area contributed by atoms with E-state index in [-0.39, 0.29) is 31.0 Å².